The van der Waals surface area contributed by atoms with E-state index < -0.39 is 9.84 Å². The lowest BCUT2D eigenvalue weighted by Gasteiger charge is -2.15. The van der Waals surface area contributed by atoms with Crippen molar-refractivity contribution in [2.45, 2.75) is 11.8 Å². The molecule has 0 aliphatic heterocycles. The molecular weight excluding hydrogens is 404 g/mol. The van der Waals surface area contributed by atoms with E-state index in [9.17, 15) is 13.2 Å². The fourth-order valence-corrected chi connectivity index (χ4v) is 3.91. The summed E-state index contributed by atoms with van der Waals surface area (Å²) in [5.41, 5.74) is 3.40. The van der Waals surface area contributed by atoms with Crippen molar-refractivity contribution in [1.29, 1.82) is 0 Å². The minimum Gasteiger partial charge on any atom is -0.289 e. The van der Waals surface area contributed by atoms with Crippen LogP contribution < -0.4 is 5.32 Å². The topological polar surface area (TPSA) is 120 Å². The Balaban J connectivity index is 1.88. The summed E-state index contributed by atoms with van der Waals surface area (Å²) in [5, 5.41) is 14.5. The Hall–Kier alpha value is -3.66. The molecule has 0 aliphatic rings. The molecule has 4 rings (SSSR count). The molecule has 0 spiro atoms. The number of carbonyl (C=O) groups excluding carboxylic acids is 1. The average molecular weight is 422 g/mol. The van der Waals surface area contributed by atoms with E-state index >= 15 is 0 Å². The number of aromatic nitrogens is 5. The number of rotatable bonds is 4. The number of anilines is 1. The maximum atomic E-state index is 13.0. The largest absolute Gasteiger partial charge is 0.289 e. The van der Waals surface area contributed by atoms with Gasteiger partial charge in [-0.25, -0.2) is 13.1 Å². The van der Waals surface area contributed by atoms with Gasteiger partial charge in [-0.1, -0.05) is 23.3 Å². The van der Waals surface area contributed by atoms with Crippen LogP contribution in [0.25, 0.3) is 22.0 Å². The van der Waals surface area contributed by atoms with Crippen LogP contribution in [0.3, 0.4) is 0 Å². The molecule has 2 aromatic carbocycles. The summed E-state index contributed by atoms with van der Waals surface area (Å²) in [5.74, 6) is -0.130. The highest BCUT2D eigenvalue weighted by molar-refractivity contribution is 7.90. The maximum Gasteiger partial charge on any atom is 0.258 e. The Morgan fingerprint density at radius 1 is 1.13 bits per heavy atom. The van der Waals surface area contributed by atoms with Gasteiger partial charge in [0, 0.05) is 36.0 Å². The molecule has 4 aromatic rings. The normalized spacial score (nSPS) is 11.6. The Morgan fingerprint density at radius 3 is 2.50 bits per heavy atom. The molecule has 2 aromatic heterocycles. The third-order valence-electron chi connectivity index (χ3n) is 4.82. The Kier molecular flexibility index (Phi) is 4.78. The number of carbonyl (C=O) groups is 1. The second-order valence-electron chi connectivity index (χ2n) is 6.88. The molecule has 1 N–H and O–H groups in total. The van der Waals surface area contributed by atoms with Gasteiger partial charge in [0.1, 0.15) is 0 Å². The lowest BCUT2D eigenvalue weighted by molar-refractivity contribution is 0.102. The van der Waals surface area contributed by atoms with E-state index in [-0.39, 0.29) is 16.8 Å². The number of hydrogen-bond donors (Lipinski definition) is 1. The molecule has 0 radical (unpaired) electrons. The smallest absolute Gasteiger partial charge is 0.258 e. The van der Waals surface area contributed by atoms with Gasteiger partial charge in [0.05, 0.1) is 10.4 Å². The minimum atomic E-state index is -3.31. The van der Waals surface area contributed by atoms with Crippen LogP contribution in [0.4, 0.5) is 5.95 Å². The van der Waals surface area contributed by atoms with Crippen molar-refractivity contribution < 1.29 is 13.2 Å². The van der Waals surface area contributed by atoms with Crippen molar-refractivity contribution in [2.75, 3.05) is 11.6 Å². The minimum absolute atomic E-state index is 0.227. The number of tetrazole rings is 1. The van der Waals surface area contributed by atoms with Gasteiger partial charge in [0.2, 0.25) is 5.95 Å². The molecule has 152 valence electrons. The third-order valence-corrected chi connectivity index (χ3v) is 5.94. The lowest BCUT2D eigenvalue weighted by Crippen LogP contribution is -2.17. The van der Waals surface area contributed by atoms with Crippen molar-refractivity contribution in [1.82, 2.24) is 25.2 Å². The second kappa shape index (κ2) is 7.30. The molecule has 10 heteroatoms. The summed E-state index contributed by atoms with van der Waals surface area (Å²) in [6.45, 7) is 1.83. The summed E-state index contributed by atoms with van der Waals surface area (Å²) >= 11 is 0. The zero-order chi connectivity index (χ0) is 21.5. The second-order valence-corrected chi connectivity index (χ2v) is 8.89. The molecule has 0 fully saturated rings. The van der Waals surface area contributed by atoms with Gasteiger partial charge in [0.25, 0.3) is 5.91 Å². The molecule has 0 bridgehead atoms. The van der Waals surface area contributed by atoms with Crippen molar-refractivity contribution in [3.8, 4) is 11.1 Å². The predicted molar refractivity (Wildman–Crippen MR) is 112 cm³/mol. The number of amides is 1. The molecule has 0 saturated carbocycles. The van der Waals surface area contributed by atoms with E-state index in [0.29, 0.717) is 11.1 Å². The zero-order valence-electron chi connectivity index (χ0n) is 16.5. The first-order valence-electron chi connectivity index (χ1n) is 8.98. The standard InChI is InChI=1S/C20H18N6O3S/c1-12-16(19(27)22-20-23-24-25-26(20)2)11-14-5-4-10-21-18(14)17(12)13-6-8-15(9-7-13)30(3,28)29/h4-11H,1-3H3,(H,22,23,25,27). The number of pyridine rings is 1. The van der Waals surface area contributed by atoms with Crippen LogP contribution >= 0.6 is 0 Å². The van der Waals surface area contributed by atoms with E-state index in [4.69, 9.17) is 0 Å². The number of nitrogens with zero attached hydrogens (tertiary/aromatic N) is 5. The van der Waals surface area contributed by atoms with Gasteiger partial charge < -0.3 is 0 Å². The number of nitrogens with one attached hydrogen (secondary N) is 1. The number of fused-ring (bicyclic) bond motifs is 1. The molecule has 1 amide bonds. The molecule has 0 atom stereocenters. The first kappa shape index (κ1) is 19.6. The number of aryl methyl sites for hydroxylation is 1. The van der Waals surface area contributed by atoms with Gasteiger partial charge in [-0.2, -0.15) is 0 Å². The Labute approximate surface area is 172 Å². The van der Waals surface area contributed by atoms with Crippen LogP contribution in [-0.4, -0.2) is 45.8 Å². The van der Waals surface area contributed by atoms with Gasteiger partial charge in [-0.3, -0.25) is 15.1 Å². The summed E-state index contributed by atoms with van der Waals surface area (Å²) in [4.78, 5) is 17.7. The highest BCUT2D eigenvalue weighted by Gasteiger charge is 2.19. The summed E-state index contributed by atoms with van der Waals surface area (Å²) < 4.78 is 25.0. The van der Waals surface area contributed by atoms with Crippen LogP contribution in [0, 0.1) is 6.92 Å². The summed E-state index contributed by atoms with van der Waals surface area (Å²) in [7, 11) is -1.68. The maximum absolute atomic E-state index is 13.0. The van der Waals surface area contributed by atoms with Crippen molar-refractivity contribution in [2.24, 2.45) is 7.05 Å². The van der Waals surface area contributed by atoms with Crippen LogP contribution in [0.1, 0.15) is 15.9 Å². The first-order valence-corrected chi connectivity index (χ1v) is 10.9. The van der Waals surface area contributed by atoms with Crippen LogP contribution in [0.2, 0.25) is 0 Å². The quantitative estimate of drug-likeness (QED) is 0.536. The number of hydrogen-bond acceptors (Lipinski definition) is 7. The molecule has 2 heterocycles. The summed E-state index contributed by atoms with van der Waals surface area (Å²) in [6, 6.07) is 12.0. The molecule has 0 saturated heterocycles. The fraction of sp³-hybridized carbons (Fsp3) is 0.150. The molecule has 0 unspecified atom stereocenters. The van der Waals surface area contributed by atoms with Gasteiger partial charge in [-0.15, -0.1) is 0 Å². The number of benzene rings is 2. The molecule has 0 aliphatic carbocycles. The van der Waals surface area contributed by atoms with E-state index in [2.05, 4.69) is 25.8 Å². The van der Waals surface area contributed by atoms with Crippen LogP contribution in [0.5, 0.6) is 0 Å². The van der Waals surface area contributed by atoms with Crippen molar-refractivity contribution in [3.63, 3.8) is 0 Å². The summed E-state index contributed by atoms with van der Waals surface area (Å²) in [6.07, 6.45) is 2.84. The fourth-order valence-electron chi connectivity index (χ4n) is 3.28. The van der Waals surface area contributed by atoms with E-state index in [1.807, 2.05) is 13.0 Å². The SMILES string of the molecule is Cc1c(C(=O)Nc2nnnn2C)cc2cccnc2c1-c1ccc(S(C)(=O)=O)cc1. The average Bonchev–Trinajstić information content (AvgIpc) is 3.11. The highest BCUT2D eigenvalue weighted by atomic mass is 32.2. The monoisotopic (exact) mass is 422 g/mol. The van der Waals surface area contributed by atoms with Crippen molar-refractivity contribution in [3.05, 3.63) is 59.8 Å². The highest BCUT2D eigenvalue weighted by Crippen LogP contribution is 2.34. The van der Waals surface area contributed by atoms with Crippen molar-refractivity contribution >= 4 is 32.6 Å². The van der Waals surface area contributed by atoms with Crippen LogP contribution in [0.15, 0.2) is 53.6 Å². The van der Waals surface area contributed by atoms with E-state index in [0.717, 1.165) is 28.3 Å². The van der Waals surface area contributed by atoms with Crippen LogP contribution in [-0.2, 0) is 16.9 Å². The first-order chi connectivity index (χ1) is 14.3. The number of sulfone groups is 1. The van der Waals surface area contributed by atoms with E-state index in [1.165, 1.54) is 4.68 Å². The Morgan fingerprint density at radius 2 is 1.87 bits per heavy atom. The molecular formula is C20H18N6O3S. The third kappa shape index (κ3) is 3.52. The van der Waals surface area contributed by atoms with Gasteiger partial charge in [0.15, 0.2) is 9.84 Å². The zero-order valence-corrected chi connectivity index (χ0v) is 17.3. The molecule has 9 nitrogen and oxygen atoms in total. The molecule has 30 heavy (non-hydrogen) atoms. The van der Waals surface area contributed by atoms with Gasteiger partial charge >= 0.3 is 0 Å². The van der Waals surface area contributed by atoms with Gasteiger partial charge in [-0.05, 0) is 52.7 Å². The lowest BCUT2D eigenvalue weighted by atomic mass is 9.92. The Bertz CT molecular complexity index is 1380. The van der Waals surface area contributed by atoms with E-state index in [1.54, 1.807) is 49.6 Å². The predicted octanol–water partition coefficient (Wildman–Crippen LogP) is 2.39.